The fraction of sp³-hybridized carbons (Fsp3) is 0.286. The standard InChI is InChI=1S/C20H15FN2O4.CH4S/c1-9-3-10-4-11-7-23-16(17(11)22-15(10)6-14(9)21)5-13-12(18(23)24)8-27-19(25)20(13,2)26;1-2/h3-6,26H,7-8H2,1-2H3;2H,1H3/t20-;/m0./s1/i4T;. The Bertz CT molecular complexity index is 1300. The zero-order valence-electron chi connectivity index (χ0n) is 17.0. The molecular weight excluding hydrogens is 395 g/mol. The van der Waals surface area contributed by atoms with Gasteiger partial charge >= 0.3 is 5.97 Å². The smallest absolute Gasteiger partial charge is 0.342 e. The summed E-state index contributed by atoms with van der Waals surface area (Å²) in [6.45, 7) is 2.83. The summed E-state index contributed by atoms with van der Waals surface area (Å²) in [5, 5.41) is 11.1. The van der Waals surface area contributed by atoms with Gasteiger partial charge in [0.05, 0.1) is 30.4 Å². The summed E-state index contributed by atoms with van der Waals surface area (Å²) in [7, 11) is 0. The van der Waals surface area contributed by atoms with Crippen LogP contribution < -0.4 is 5.56 Å². The van der Waals surface area contributed by atoms with Crippen LogP contribution in [0.5, 0.6) is 0 Å². The van der Waals surface area contributed by atoms with E-state index in [1.54, 1.807) is 25.3 Å². The number of aromatic nitrogens is 2. The third-order valence-electron chi connectivity index (χ3n) is 5.31. The summed E-state index contributed by atoms with van der Waals surface area (Å²) in [6.07, 6.45) is 1.69. The molecule has 1 aromatic carbocycles. The number of halogens is 1. The van der Waals surface area contributed by atoms with Crippen molar-refractivity contribution in [3.63, 3.8) is 0 Å². The molecule has 0 bridgehead atoms. The van der Waals surface area contributed by atoms with Gasteiger partial charge in [-0.15, -0.1) is 0 Å². The number of aliphatic hydroxyl groups is 1. The number of ether oxygens (including phenoxy) is 1. The van der Waals surface area contributed by atoms with E-state index in [1.165, 1.54) is 17.6 Å². The summed E-state index contributed by atoms with van der Waals surface area (Å²) in [4.78, 5) is 29.5. The number of esters is 1. The first-order valence-corrected chi connectivity index (χ1v) is 9.81. The minimum Gasteiger partial charge on any atom is -0.458 e. The van der Waals surface area contributed by atoms with Crippen LogP contribution in [0.25, 0.3) is 22.3 Å². The number of aryl methyl sites for hydroxylation is 1. The number of cyclic esters (lactones) is 1. The average molecular weight is 416 g/mol. The van der Waals surface area contributed by atoms with Crippen molar-refractivity contribution in [2.24, 2.45) is 0 Å². The number of carbonyl (C=O) groups excluding carboxylic acids is 1. The SMILES string of the molecule is CS.[3H]c1c2c(nc3cc(F)c(C)cc13)-c1cc3c(c(=O)n1C2)COC(=O)[C@@]3(C)O. The molecule has 8 heteroatoms. The van der Waals surface area contributed by atoms with Crippen LogP contribution in [0.1, 0.15) is 30.5 Å². The van der Waals surface area contributed by atoms with E-state index in [0.29, 0.717) is 33.4 Å². The molecule has 0 amide bonds. The Kier molecular flexibility index (Phi) is 4.22. The lowest BCUT2D eigenvalue weighted by Crippen LogP contribution is -2.42. The second-order valence-corrected chi connectivity index (χ2v) is 7.14. The summed E-state index contributed by atoms with van der Waals surface area (Å²) in [6, 6.07) is 4.58. The van der Waals surface area contributed by atoms with Gasteiger partial charge < -0.3 is 14.4 Å². The Balaban J connectivity index is 0.00000106. The lowest BCUT2D eigenvalue weighted by molar-refractivity contribution is -0.169. The number of carbonyl (C=O) groups is 1. The van der Waals surface area contributed by atoms with E-state index >= 15 is 0 Å². The van der Waals surface area contributed by atoms with Crippen LogP contribution in [0.2, 0.25) is 0 Å². The minimum atomic E-state index is -1.95. The maximum absolute atomic E-state index is 14.0. The minimum absolute atomic E-state index is 0.144. The number of benzene rings is 1. The van der Waals surface area contributed by atoms with Crippen LogP contribution in [-0.2, 0) is 28.3 Å². The maximum atomic E-state index is 14.0. The van der Waals surface area contributed by atoms with Crippen molar-refractivity contribution in [1.29, 1.82) is 0 Å². The molecule has 2 aromatic heterocycles. The predicted molar refractivity (Wildman–Crippen MR) is 110 cm³/mol. The van der Waals surface area contributed by atoms with E-state index < -0.39 is 22.9 Å². The number of hydrogen-bond donors (Lipinski definition) is 2. The van der Waals surface area contributed by atoms with E-state index in [9.17, 15) is 19.1 Å². The van der Waals surface area contributed by atoms with Crippen molar-refractivity contribution in [1.82, 2.24) is 9.55 Å². The quantitative estimate of drug-likeness (QED) is 0.340. The second-order valence-electron chi connectivity index (χ2n) is 7.14. The van der Waals surface area contributed by atoms with Crippen LogP contribution in [0.15, 0.2) is 29.0 Å². The van der Waals surface area contributed by atoms with Crippen molar-refractivity contribution in [3.05, 3.63) is 62.7 Å². The second kappa shape index (κ2) is 6.67. The molecule has 5 rings (SSSR count). The predicted octanol–water partition coefficient (Wildman–Crippen LogP) is 2.68. The molecule has 4 heterocycles. The molecule has 3 aromatic rings. The molecule has 2 aliphatic heterocycles. The molecule has 1 N–H and O–H groups in total. The average Bonchev–Trinajstić information content (AvgIpc) is 3.08. The van der Waals surface area contributed by atoms with Gasteiger partial charge in [-0.3, -0.25) is 4.79 Å². The van der Waals surface area contributed by atoms with Gasteiger partial charge in [-0.25, -0.2) is 14.2 Å². The van der Waals surface area contributed by atoms with Gasteiger partial charge in [-0.05, 0) is 43.8 Å². The van der Waals surface area contributed by atoms with Crippen molar-refractivity contribution in [3.8, 4) is 11.4 Å². The van der Waals surface area contributed by atoms with E-state index in [-0.39, 0.29) is 30.3 Å². The van der Waals surface area contributed by atoms with Gasteiger partial charge in [0.1, 0.15) is 12.4 Å². The Morgan fingerprint density at radius 1 is 1.34 bits per heavy atom. The fourth-order valence-corrected chi connectivity index (χ4v) is 3.76. The Labute approximate surface area is 172 Å². The molecule has 29 heavy (non-hydrogen) atoms. The maximum Gasteiger partial charge on any atom is 0.342 e. The Morgan fingerprint density at radius 3 is 2.79 bits per heavy atom. The molecule has 2 aliphatic rings. The van der Waals surface area contributed by atoms with E-state index in [2.05, 4.69) is 17.6 Å². The number of hydrogen-bond acceptors (Lipinski definition) is 6. The number of rotatable bonds is 0. The van der Waals surface area contributed by atoms with Crippen molar-refractivity contribution >= 4 is 29.5 Å². The van der Waals surface area contributed by atoms with Crippen molar-refractivity contribution < 1.29 is 20.4 Å². The first-order valence-electron chi connectivity index (χ1n) is 9.41. The monoisotopic (exact) mass is 416 g/mol. The molecular formula is C21H19FN2O4S. The Morgan fingerprint density at radius 2 is 2.07 bits per heavy atom. The zero-order chi connectivity index (χ0) is 22.0. The lowest BCUT2D eigenvalue weighted by Gasteiger charge is -2.29. The zero-order valence-corrected chi connectivity index (χ0v) is 16.9. The largest absolute Gasteiger partial charge is 0.458 e. The lowest BCUT2D eigenvalue weighted by atomic mass is 9.90. The highest BCUT2D eigenvalue weighted by molar-refractivity contribution is 7.79. The number of pyridine rings is 2. The highest BCUT2D eigenvalue weighted by atomic mass is 32.1. The van der Waals surface area contributed by atoms with Gasteiger partial charge in [-0.2, -0.15) is 12.6 Å². The van der Waals surface area contributed by atoms with Gasteiger partial charge in [0, 0.05) is 22.6 Å². The Hall–Kier alpha value is -2.71. The van der Waals surface area contributed by atoms with Gasteiger partial charge in [-0.1, -0.05) is 0 Å². The molecule has 0 unspecified atom stereocenters. The summed E-state index contributed by atoms with van der Waals surface area (Å²) in [5.74, 6) is -1.25. The van der Waals surface area contributed by atoms with Gasteiger partial charge in [0.25, 0.3) is 5.56 Å². The normalized spacial score (nSPS) is 19.5. The topological polar surface area (TPSA) is 81.4 Å². The van der Waals surface area contributed by atoms with Crippen LogP contribution in [0.4, 0.5) is 4.39 Å². The number of thiol groups is 1. The van der Waals surface area contributed by atoms with Gasteiger partial charge in [0.15, 0.2) is 5.60 Å². The van der Waals surface area contributed by atoms with E-state index in [1.807, 2.05) is 0 Å². The molecule has 0 saturated heterocycles. The van der Waals surface area contributed by atoms with Crippen LogP contribution in [0, 0.1) is 12.7 Å². The van der Waals surface area contributed by atoms with E-state index in [0.717, 1.165) is 0 Å². The molecule has 0 fully saturated rings. The molecule has 150 valence electrons. The van der Waals surface area contributed by atoms with Gasteiger partial charge in [0.2, 0.25) is 0 Å². The fourth-order valence-electron chi connectivity index (χ4n) is 3.76. The molecule has 0 spiro atoms. The third-order valence-corrected chi connectivity index (χ3v) is 5.31. The molecule has 1 atom stereocenters. The molecule has 0 aliphatic carbocycles. The van der Waals surface area contributed by atoms with Crippen LogP contribution in [0.3, 0.4) is 0 Å². The van der Waals surface area contributed by atoms with Crippen molar-refractivity contribution in [2.45, 2.75) is 32.6 Å². The highest BCUT2D eigenvalue weighted by Gasteiger charge is 2.42. The van der Waals surface area contributed by atoms with E-state index in [4.69, 9.17) is 6.11 Å². The summed E-state index contributed by atoms with van der Waals surface area (Å²) in [5.41, 5.74) is 0.0914. The first kappa shape index (κ1) is 18.3. The highest BCUT2D eigenvalue weighted by Crippen LogP contribution is 2.37. The molecule has 6 nitrogen and oxygen atoms in total. The summed E-state index contributed by atoms with van der Waals surface area (Å²) < 4.78 is 29.0. The number of nitrogens with zero attached hydrogens (tertiary/aromatic N) is 2. The molecule has 0 saturated carbocycles. The first-order chi connectivity index (χ1) is 14.2. The van der Waals surface area contributed by atoms with Crippen LogP contribution in [-0.4, -0.2) is 26.9 Å². The number of fused-ring (bicyclic) bond motifs is 5. The van der Waals surface area contributed by atoms with Crippen LogP contribution >= 0.6 is 12.6 Å². The van der Waals surface area contributed by atoms with Crippen molar-refractivity contribution in [2.75, 3.05) is 6.26 Å². The molecule has 0 radical (unpaired) electrons. The third kappa shape index (κ3) is 2.78. The summed E-state index contributed by atoms with van der Waals surface area (Å²) >= 11 is 3.53.